The van der Waals surface area contributed by atoms with Crippen molar-refractivity contribution >= 4 is 23.2 Å². The monoisotopic (exact) mass is 246 g/mol. The van der Waals surface area contributed by atoms with Gasteiger partial charge in [-0.25, -0.2) is 0 Å². The second-order valence-corrected chi connectivity index (χ2v) is 3.46. The van der Waals surface area contributed by atoms with Crippen LogP contribution in [0.5, 0.6) is 0 Å². The highest BCUT2D eigenvalue weighted by Crippen LogP contribution is 2.35. The molecular weight excluding hydrogens is 235 g/mol. The van der Waals surface area contributed by atoms with E-state index in [9.17, 15) is 0 Å². The van der Waals surface area contributed by atoms with Crippen molar-refractivity contribution in [2.45, 2.75) is 18.7 Å². The first-order chi connectivity index (χ1) is 6.60. The lowest BCUT2D eigenvalue weighted by Gasteiger charge is -2.23. The van der Waals surface area contributed by atoms with Gasteiger partial charge in [-0.2, -0.15) is 9.78 Å². The Bertz CT molecular complexity index is 189. The highest BCUT2D eigenvalue weighted by atomic mass is 35.5. The van der Waals surface area contributed by atoms with Gasteiger partial charge in [0.1, 0.15) is 5.88 Å². The highest BCUT2D eigenvalue weighted by molar-refractivity contribution is 6.18. The number of ether oxygens (including phenoxy) is 2. The Kier molecular flexibility index (Phi) is 4.39. The van der Waals surface area contributed by atoms with E-state index in [-0.39, 0.29) is 25.0 Å². The van der Waals surface area contributed by atoms with E-state index >= 15 is 0 Å². The number of alkyl halides is 2. The molecule has 1 fully saturated rings. The summed E-state index contributed by atoms with van der Waals surface area (Å²) in [5.74, 6) is -2.56. The van der Waals surface area contributed by atoms with Crippen LogP contribution in [0.25, 0.3) is 0 Å². The van der Waals surface area contributed by atoms with Crippen LogP contribution in [-0.4, -0.2) is 41.8 Å². The largest absolute Gasteiger partial charge is 0.394 e. The first kappa shape index (κ1) is 12.4. The number of rotatable bonds is 5. The molecule has 0 unspecified atom stereocenters. The summed E-state index contributed by atoms with van der Waals surface area (Å²) in [7, 11) is 0. The first-order valence-electron chi connectivity index (χ1n) is 4.03. The fourth-order valence-corrected chi connectivity index (χ4v) is 1.18. The molecule has 1 rings (SSSR count). The van der Waals surface area contributed by atoms with Crippen molar-refractivity contribution in [1.82, 2.24) is 0 Å². The van der Waals surface area contributed by atoms with Crippen LogP contribution < -0.4 is 0 Å². The average molecular weight is 247 g/mol. The van der Waals surface area contributed by atoms with Gasteiger partial charge in [0, 0.05) is 0 Å². The van der Waals surface area contributed by atoms with Crippen LogP contribution in [0.1, 0.15) is 6.92 Å². The van der Waals surface area contributed by atoms with E-state index in [1.54, 1.807) is 6.92 Å². The molecule has 1 aliphatic heterocycles. The third kappa shape index (κ3) is 2.70. The van der Waals surface area contributed by atoms with Crippen molar-refractivity contribution in [3.8, 4) is 0 Å². The molecule has 0 radical (unpaired) electrons. The van der Waals surface area contributed by atoms with Crippen molar-refractivity contribution < 1.29 is 24.4 Å². The molecule has 0 amide bonds. The molecule has 14 heavy (non-hydrogen) atoms. The van der Waals surface area contributed by atoms with Crippen molar-refractivity contribution in [2.24, 2.45) is 0 Å². The third-order valence-corrected chi connectivity index (χ3v) is 2.35. The van der Waals surface area contributed by atoms with E-state index in [1.807, 2.05) is 0 Å². The minimum absolute atomic E-state index is 0.0362. The van der Waals surface area contributed by atoms with Gasteiger partial charge < -0.3 is 9.84 Å². The highest BCUT2D eigenvalue weighted by Gasteiger charge is 2.51. The van der Waals surface area contributed by atoms with Gasteiger partial charge in [-0.3, -0.25) is 4.74 Å². The summed E-state index contributed by atoms with van der Waals surface area (Å²) in [6.45, 7) is 1.47. The topological polar surface area (TPSA) is 57.2 Å². The minimum atomic E-state index is -1.48. The lowest BCUT2D eigenvalue weighted by Crippen LogP contribution is -2.40. The van der Waals surface area contributed by atoms with Gasteiger partial charge >= 0.3 is 5.97 Å². The molecule has 0 aliphatic carbocycles. The van der Waals surface area contributed by atoms with Crippen LogP contribution in [0.4, 0.5) is 0 Å². The predicted molar refractivity (Wildman–Crippen MR) is 48.9 cm³/mol. The Morgan fingerprint density at radius 2 is 2.00 bits per heavy atom. The second-order valence-electron chi connectivity index (χ2n) is 2.92. The Morgan fingerprint density at radius 1 is 1.29 bits per heavy atom. The quantitative estimate of drug-likeness (QED) is 0.575. The van der Waals surface area contributed by atoms with E-state index in [0.717, 1.165) is 0 Å². The van der Waals surface area contributed by atoms with Crippen LogP contribution in [0.2, 0.25) is 0 Å². The van der Waals surface area contributed by atoms with Gasteiger partial charge in [0.2, 0.25) is 5.79 Å². The molecule has 0 bridgehead atoms. The molecule has 7 heteroatoms. The zero-order chi connectivity index (χ0) is 10.7. The average Bonchev–Trinajstić information content (AvgIpc) is 2.55. The molecule has 0 aromatic carbocycles. The van der Waals surface area contributed by atoms with Crippen molar-refractivity contribution in [2.75, 3.05) is 25.0 Å². The molecule has 0 spiro atoms. The number of halogens is 2. The molecule has 5 nitrogen and oxygen atoms in total. The molecule has 0 aromatic rings. The Labute approximate surface area is 91.7 Å². The zero-order valence-corrected chi connectivity index (χ0v) is 9.18. The van der Waals surface area contributed by atoms with E-state index in [4.69, 9.17) is 47.6 Å². The van der Waals surface area contributed by atoms with Crippen LogP contribution in [0.3, 0.4) is 0 Å². The minimum Gasteiger partial charge on any atom is -0.394 e. The maximum Gasteiger partial charge on any atom is 0.328 e. The van der Waals surface area contributed by atoms with Gasteiger partial charge in [0.15, 0.2) is 0 Å². The van der Waals surface area contributed by atoms with E-state index in [1.165, 1.54) is 0 Å². The zero-order valence-electron chi connectivity index (χ0n) is 7.66. The maximum atomic E-state index is 8.58. The molecule has 1 N–H and O–H groups in total. The van der Waals surface area contributed by atoms with Gasteiger partial charge in [-0.05, 0) is 6.92 Å². The second kappa shape index (κ2) is 4.94. The Morgan fingerprint density at radius 3 is 2.43 bits per heavy atom. The van der Waals surface area contributed by atoms with Gasteiger partial charge in [0.25, 0.3) is 0 Å². The summed E-state index contributed by atoms with van der Waals surface area (Å²) >= 11 is 11.2. The number of hydrogen-bond donors (Lipinski definition) is 1. The summed E-state index contributed by atoms with van der Waals surface area (Å²) in [5, 5.41) is 8.58. The van der Waals surface area contributed by atoms with E-state index < -0.39 is 11.8 Å². The van der Waals surface area contributed by atoms with Crippen molar-refractivity contribution in [3.63, 3.8) is 0 Å². The van der Waals surface area contributed by atoms with E-state index in [0.29, 0.717) is 0 Å². The number of hydrogen-bond acceptors (Lipinski definition) is 5. The smallest absolute Gasteiger partial charge is 0.328 e. The predicted octanol–water partition coefficient (Wildman–Crippen LogP) is 0.821. The fraction of sp³-hybridized carbons (Fsp3) is 1.00. The number of aliphatic hydroxyl groups is 1. The van der Waals surface area contributed by atoms with Crippen LogP contribution in [-0.2, 0) is 19.2 Å². The first-order valence-corrected chi connectivity index (χ1v) is 5.10. The van der Waals surface area contributed by atoms with E-state index in [2.05, 4.69) is 0 Å². The normalized spacial score (nSPS) is 37.7. The van der Waals surface area contributed by atoms with Gasteiger partial charge in [-0.1, -0.05) is 0 Å². The summed E-state index contributed by atoms with van der Waals surface area (Å²) in [6, 6.07) is 0. The summed E-state index contributed by atoms with van der Waals surface area (Å²) in [6.07, 6.45) is 0. The van der Waals surface area contributed by atoms with Crippen molar-refractivity contribution in [1.29, 1.82) is 0 Å². The summed E-state index contributed by atoms with van der Waals surface area (Å²) in [5.41, 5.74) is 0. The van der Waals surface area contributed by atoms with Gasteiger partial charge in [-0.15, -0.1) is 23.2 Å². The lowest BCUT2D eigenvalue weighted by molar-refractivity contribution is -0.407. The SMILES string of the molecule is C[C@@]1(CCl)OO[C@@](CCl)(OCCO)O1. The Balaban J connectivity index is 2.56. The molecule has 1 saturated heterocycles. The van der Waals surface area contributed by atoms with Gasteiger partial charge in [0.05, 0.1) is 19.1 Å². The Hall–Kier alpha value is 0.380. The van der Waals surface area contributed by atoms with Crippen LogP contribution in [0.15, 0.2) is 0 Å². The van der Waals surface area contributed by atoms with Crippen LogP contribution in [0, 0.1) is 0 Å². The number of aliphatic hydroxyl groups excluding tert-OH is 1. The van der Waals surface area contributed by atoms with Crippen molar-refractivity contribution in [3.05, 3.63) is 0 Å². The fourth-order valence-electron chi connectivity index (χ4n) is 0.907. The summed E-state index contributed by atoms with van der Waals surface area (Å²) in [4.78, 5) is 9.67. The standard InChI is InChI=1S/C7H12Cl2O5/c1-6(4-8)12-7(5-9,14-13-6)11-3-2-10/h10H,2-5H2,1H3/t6-,7-/m0/s1. The molecule has 1 aliphatic rings. The molecule has 84 valence electrons. The molecular formula is C7H12Cl2O5. The summed E-state index contributed by atoms with van der Waals surface area (Å²) < 4.78 is 10.4. The third-order valence-electron chi connectivity index (χ3n) is 1.54. The maximum absolute atomic E-state index is 8.58. The molecule has 0 aromatic heterocycles. The molecule has 1 heterocycles. The van der Waals surface area contributed by atoms with Crippen LogP contribution >= 0.6 is 23.2 Å². The lowest BCUT2D eigenvalue weighted by atomic mass is 10.4. The molecule has 0 saturated carbocycles. The molecule has 2 atom stereocenters.